The van der Waals surface area contributed by atoms with E-state index in [1.165, 1.54) is 50.5 Å². The smallest absolute Gasteiger partial charge is 0.242 e. The minimum absolute atomic E-state index is 0.153. The second kappa shape index (κ2) is 10.8. The molecule has 0 unspecified atom stereocenters. The Morgan fingerprint density at radius 3 is 2.53 bits per heavy atom. The maximum Gasteiger partial charge on any atom is 0.242 e. The van der Waals surface area contributed by atoms with Gasteiger partial charge in [0.05, 0.1) is 15.9 Å². The fourth-order valence-corrected chi connectivity index (χ4v) is 5.48. The summed E-state index contributed by atoms with van der Waals surface area (Å²) in [6.07, 6.45) is 9.36. The van der Waals surface area contributed by atoms with Crippen molar-refractivity contribution in [1.82, 2.24) is 18.8 Å². The Labute approximate surface area is 192 Å². The van der Waals surface area contributed by atoms with E-state index in [0.29, 0.717) is 24.3 Å². The van der Waals surface area contributed by atoms with E-state index in [4.69, 9.17) is 4.98 Å². The maximum atomic E-state index is 12.8. The molecule has 8 heteroatoms. The number of hydrogen-bond acceptors (Lipinski definition) is 4. The van der Waals surface area contributed by atoms with Crippen LogP contribution in [0.25, 0.3) is 11.0 Å². The number of nitrogens with zero attached hydrogens (tertiary/aromatic N) is 4. The summed E-state index contributed by atoms with van der Waals surface area (Å²) in [5.74, 6) is 1.64. The SMILES string of the molecule is CCCCn1c(CCC(=O)N(C)CC2CCCCC2)nc2cc(S(=O)(=O)N(C)C)ccc21. The molecule has 1 amide bonds. The number of carbonyl (C=O) groups is 1. The number of amides is 1. The van der Waals surface area contributed by atoms with Crippen molar-refractivity contribution in [2.45, 2.75) is 76.2 Å². The van der Waals surface area contributed by atoms with Gasteiger partial charge >= 0.3 is 0 Å². The lowest BCUT2D eigenvalue weighted by molar-refractivity contribution is -0.130. The van der Waals surface area contributed by atoms with Crippen LogP contribution in [0.5, 0.6) is 0 Å². The molecule has 1 aromatic heterocycles. The highest BCUT2D eigenvalue weighted by molar-refractivity contribution is 7.89. The zero-order valence-corrected chi connectivity index (χ0v) is 20.8. The molecule has 1 saturated carbocycles. The highest BCUT2D eigenvalue weighted by atomic mass is 32.2. The van der Waals surface area contributed by atoms with Crippen molar-refractivity contribution in [3.05, 3.63) is 24.0 Å². The molecule has 178 valence electrons. The summed E-state index contributed by atoms with van der Waals surface area (Å²) in [6.45, 7) is 3.80. The average molecular weight is 463 g/mol. The summed E-state index contributed by atoms with van der Waals surface area (Å²) in [5, 5.41) is 0. The van der Waals surface area contributed by atoms with Crippen LogP contribution in [-0.2, 0) is 27.8 Å². The Morgan fingerprint density at radius 1 is 1.16 bits per heavy atom. The van der Waals surface area contributed by atoms with Gasteiger partial charge in [-0.15, -0.1) is 0 Å². The fourth-order valence-electron chi connectivity index (χ4n) is 4.56. The molecule has 7 nitrogen and oxygen atoms in total. The van der Waals surface area contributed by atoms with Crippen LogP contribution in [0.2, 0.25) is 0 Å². The lowest BCUT2D eigenvalue weighted by atomic mass is 9.89. The van der Waals surface area contributed by atoms with Crippen molar-refractivity contribution in [2.75, 3.05) is 27.7 Å². The molecule has 0 aliphatic heterocycles. The average Bonchev–Trinajstić information content (AvgIpc) is 3.13. The number of hydrogen-bond donors (Lipinski definition) is 0. The van der Waals surface area contributed by atoms with Gasteiger partial charge in [0.1, 0.15) is 5.82 Å². The first-order valence-corrected chi connectivity index (χ1v) is 13.3. The molecule has 0 saturated heterocycles. The molecule has 2 aromatic rings. The van der Waals surface area contributed by atoms with E-state index in [9.17, 15) is 13.2 Å². The lowest BCUT2D eigenvalue weighted by Gasteiger charge is -2.27. The number of aromatic nitrogens is 2. The third-order valence-electron chi connectivity index (χ3n) is 6.56. The molecule has 1 aliphatic rings. The number of benzene rings is 1. The summed E-state index contributed by atoms with van der Waals surface area (Å²) in [5.41, 5.74) is 1.59. The van der Waals surface area contributed by atoms with Crippen LogP contribution >= 0.6 is 0 Å². The van der Waals surface area contributed by atoms with Crippen molar-refractivity contribution >= 4 is 27.0 Å². The number of unbranched alkanes of at least 4 members (excludes halogenated alkanes) is 1. The quantitative estimate of drug-likeness (QED) is 0.534. The van der Waals surface area contributed by atoms with Gasteiger partial charge in [-0.2, -0.15) is 0 Å². The van der Waals surface area contributed by atoms with Crippen LogP contribution in [0.3, 0.4) is 0 Å². The van der Waals surface area contributed by atoms with E-state index < -0.39 is 10.0 Å². The predicted molar refractivity (Wildman–Crippen MR) is 128 cm³/mol. The number of fused-ring (bicyclic) bond motifs is 1. The van der Waals surface area contributed by atoms with E-state index in [-0.39, 0.29) is 10.8 Å². The number of rotatable bonds is 10. The molecule has 1 heterocycles. The summed E-state index contributed by atoms with van der Waals surface area (Å²) in [6, 6.07) is 5.14. The van der Waals surface area contributed by atoms with Crippen LogP contribution in [0.15, 0.2) is 23.1 Å². The first-order valence-electron chi connectivity index (χ1n) is 11.9. The first kappa shape index (κ1) is 24.7. The fraction of sp³-hybridized carbons (Fsp3) is 0.667. The molecule has 32 heavy (non-hydrogen) atoms. The second-order valence-electron chi connectivity index (χ2n) is 9.25. The Balaban J connectivity index is 1.77. The van der Waals surface area contributed by atoms with Gasteiger partial charge in [-0.1, -0.05) is 32.6 Å². The van der Waals surface area contributed by atoms with Gasteiger partial charge in [0.15, 0.2) is 0 Å². The van der Waals surface area contributed by atoms with Gasteiger partial charge in [0, 0.05) is 47.1 Å². The van der Waals surface area contributed by atoms with E-state index in [0.717, 1.165) is 37.3 Å². The Hall–Kier alpha value is -1.93. The monoisotopic (exact) mass is 462 g/mol. The third kappa shape index (κ3) is 5.70. The summed E-state index contributed by atoms with van der Waals surface area (Å²) in [7, 11) is 1.45. The molecule has 0 bridgehead atoms. The van der Waals surface area contributed by atoms with Crippen LogP contribution < -0.4 is 0 Å². The third-order valence-corrected chi connectivity index (χ3v) is 8.37. The summed E-state index contributed by atoms with van der Waals surface area (Å²) >= 11 is 0. The van der Waals surface area contributed by atoms with Crippen LogP contribution in [0, 0.1) is 5.92 Å². The second-order valence-corrected chi connectivity index (χ2v) is 11.4. The first-order chi connectivity index (χ1) is 15.2. The standard InChI is InChI=1S/C24H38N4O3S/c1-5-6-16-28-22-13-12-20(32(30,31)26(2)3)17-21(22)25-23(28)14-15-24(29)27(4)18-19-10-8-7-9-11-19/h12-13,17,19H,5-11,14-16,18H2,1-4H3. The van der Waals surface area contributed by atoms with Crippen molar-refractivity contribution in [2.24, 2.45) is 5.92 Å². The number of aryl methyl sites for hydroxylation is 2. The van der Waals surface area contributed by atoms with Gasteiger partial charge in [0.25, 0.3) is 0 Å². The van der Waals surface area contributed by atoms with Crippen molar-refractivity contribution in [3.8, 4) is 0 Å². The molecule has 3 rings (SSSR count). The summed E-state index contributed by atoms with van der Waals surface area (Å²) in [4.78, 5) is 19.7. The van der Waals surface area contributed by atoms with Crippen LogP contribution in [-0.4, -0.2) is 60.8 Å². The van der Waals surface area contributed by atoms with Crippen molar-refractivity contribution in [3.63, 3.8) is 0 Å². The van der Waals surface area contributed by atoms with Crippen LogP contribution in [0.4, 0.5) is 0 Å². The molecule has 1 aromatic carbocycles. The number of sulfonamides is 1. The normalized spacial score (nSPS) is 15.5. The number of carbonyl (C=O) groups excluding carboxylic acids is 1. The number of imidazole rings is 1. The largest absolute Gasteiger partial charge is 0.345 e. The highest BCUT2D eigenvalue weighted by Gasteiger charge is 2.21. The Kier molecular flexibility index (Phi) is 8.33. The topological polar surface area (TPSA) is 75.5 Å². The molecule has 0 spiro atoms. The van der Waals surface area contributed by atoms with Crippen molar-refractivity contribution < 1.29 is 13.2 Å². The minimum Gasteiger partial charge on any atom is -0.345 e. The maximum absolute atomic E-state index is 12.8. The predicted octanol–water partition coefficient (Wildman–Crippen LogP) is 4.06. The molecular formula is C24H38N4O3S. The van der Waals surface area contributed by atoms with E-state index in [2.05, 4.69) is 11.5 Å². The van der Waals surface area contributed by atoms with Gasteiger partial charge in [-0.3, -0.25) is 4.79 Å². The molecular weight excluding hydrogens is 424 g/mol. The van der Waals surface area contributed by atoms with Gasteiger partial charge in [-0.25, -0.2) is 17.7 Å². The van der Waals surface area contributed by atoms with Gasteiger partial charge in [0.2, 0.25) is 15.9 Å². The van der Waals surface area contributed by atoms with Crippen molar-refractivity contribution in [1.29, 1.82) is 0 Å². The van der Waals surface area contributed by atoms with E-state index >= 15 is 0 Å². The summed E-state index contributed by atoms with van der Waals surface area (Å²) < 4.78 is 28.4. The van der Waals surface area contributed by atoms with E-state index in [1.807, 2.05) is 18.0 Å². The zero-order valence-electron chi connectivity index (χ0n) is 20.0. The zero-order chi connectivity index (χ0) is 23.3. The molecule has 0 N–H and O–H groups in total. The molecule has 0 radical (unpaired) electrons. The lowest BCUT2D eigenvalue weighted by Crippen LogP contribution is -2.32. The Bertz CT molecular complexity index is 1020. The van der Waals surface area contributed by atoms with Crippen LogP contribution in [0.1, 0.15) is 64.1 Å². The Morgan fingerprint density at radius 2 is 1.88 bits per heavy atom. The minimum atomic E-state index is -3.52. The van der Waals surface area contributed by atoms with Gasteiger partial charge in [-0.05, 0) is 43.4 Å². The molecule has 0 atom stereocenters. The molecule has 1 aliphatic carbocycles. The highest BCUT2D eigenvalue weighted by Crippen LogP contribution is 2.25. The van der Waals surface area contributed by atoms with Gasteiger partial charge < -0.3 is 9.47 Å². The molecule has 1 fully saturated rings. The van der Waals surface area contributed by atoms with E-state index in [1.54, 1.807) is 12.1 Å².